The topological polar surface area (TPSA) is 80.2 Å². The lowest BCUT2D eigenvalue weighted by Crippen LogP contribution is -2.00. The molecule has 6 aromatic rings. The lowest BCUT2D eigenvalue weighted by atomic mass is 10.2. The van der Waals surface area contributed by atoms with Gasteiger partial charge in [-0.15, -0.1) is 5.10 Å². The maximum Gasteiger partial charge on any atom is 0.294 e. The number of halogens is 1. The van der Waals surface area contributed by atoms with E-state index in [1.807, 2.05) is 42.5 Å². The highest BCUT2D eigenvalue weighted by atomic mass is 32.1. The minimum atomic E-state index is -0.292. The van der Waals surface area contributed by atoms with E-state index < -0.39 is 0 Å². The average molecular weight is 532 g/mol. The van der Waals surface area contributed by atoms with Crippen molar-refractivity contribution in [2.75, 3.05) is 14.2 Å². The second-order valence-corrected chi connectivity index (χ2v) is 9.31. The van der Waals surface area contributed by atoms with Crippen LogP contribution in [0.25, 0.3) is 27.4 Å². The first kappa shape index (κ1) is 23.8. The molecule has 8 nitrogen and oxygen atoms in total. The molecule has 10 heteroatoms. The van der Waals surface area contributed by atoms with Crippen molar-refractivity contribution >= 4 is 27.3 Å². The monoisotopic (exact) mass is 531 g/mol. The summed E-state index contributed by atoms with van der Waals surface area (Å²) in [6, 6.07) is 19.6. The van der Waals surface area contributed by atoms with Gasteiger partial charge < -0.3 is 23.4 Å². The summed E-state index contributed by atoms with van der Waals surface area (Å²) in [5.41, 5.74) is 2.65. The van der Waals surface area contributed by atoms with Gasteiger partial charge in [-0.2, -0.15) is 0 Å². The van der Waals surface area contributed by atoms with E-state index in [9.17, 15) is 4.39 Å². The van der Waals surface area contributed by atoms with Gasteiger partial charge in [0.1, 0.15) is 47.6 Å². The molecule has 6 rings (SSSR count). The Labute approximate surface area is 220 Å². The van der Waals surface area contributed by atoms with Gasteiger partial charge in [0.2, 0.25) is 4.96 Å². The fraction of sp³-hybridized carbons (Fsp3) is 0.143. The number of hydrogen-bond donors (Lipinski definition) is 0. The molecule has 0 aliphatic heterocycles. The first-order valence-corrected chi connectivity index (χ1v) is 12.5. The molecule has 3 heterocycles. The molecule has 3 aromatic carbocycles. The molecule has 0 amide bonds. The Kier molecular flexibility index (Phi) is 6.30. The van der Waals surface area contributed by atoms with Gasteiger partial charge in [0.25, 0.3) is 5.19 Å². The molecule has 0 fully saturated rings. The first-order valence-electron chi connectivity index (χ1n) is 11.7. The van der Waals surface area contributed by atoms with Gasteiger partial charge in [0.05, 0.1) is 25.8 Å². The minimum absolute atomic E-state index is 0.138. The van der Waals surface area contributed by atoms with Crippen LogP contribution in [0.2, 0.25) is 0 Å². The lowest BCUT2D eigenvalue weighted by molar-refractivity contribution is 0.293. The van der Waals surface area contributed by atoms with Gasteiger partial charge in [-0.3, -0.25) is 0 Å². The molecule has 0 saturated heterocycles. The minimum Gasteiger partial charge on any atom is -0.496 e. The number of furan rings is 1. The van der Waals surface area contributed by atoms with E-state index in [1.54, 1.807) is 43.1 Å². The predicted octanol–water partition coefficient (Wildman–Crippen LogP) is 6.52. The number of methoxy groups -OCH3 is 2. The molecular weight excluding hydrogens is 509 g/mol. The highest BCUT2D eigenvalue weighted by Gasteiger charge is 2.17. The number of benzene rings is 3. The lowest BCUT2D eigenvalue weighted by Gasteiger charge is -2.11. The van der Waals surface area contributed by atoms with Crippen molar-refractivity contribution in [1.29, 1.82) is 0 Å². The molecule has 38 heavy (non-hydrogen) atoms. The van der Waals surface area contributed by atoms with Crippen molar-refractivity contribution in [3.63, 3.8) is 0 Å². The Morgan fingerprint density at radius 3 is 2.63 bits per heavy atom. The van der Waals surface area contributed by atoms with Crippen molar-refractivity contribution in [3.05, 3.63) is 89.9 Å². The second-order valence-electron chi connectivity index (χ2n) is 8.39. The Morgan fingerprint density at radius 2 is 1.82 bits per heavy atom. The van der Waals surface area contributed by atoms with Crippen LogP contribution >= 0.6 is 11.3 Å². The average Bonchev–Trinajstić information content (AvgIpc) is 3.64. The first-order chi connectivity index (χ1) is 18.6. The smallest absolute Gasteiger partial charge is 0.294 e. The molecule has 0 spiro atoms. The van der Waals surface area contributed by atoms with Gasteiger partial charge in [0, 0.05) is 17.7 Å². The molecule has 0 aliphatic carbocycles. The number of hydrogen-bond acceptors (Lipinski definition) is 8. The van der Waals surface area contributed by atoms with Crippen molar-refractivity contribution in [2.24, 2.45) is 0 Å². The Bertz CT molecular complexity index is 1710. The Morgan fingerprint density at radius 1 is 0.921 bits per heavy atom. The number of aromatic nitrogens is 3. The summed E-state index contributed by atoms with van der Waals surface area (Å²) in [4.78, 5) is 5.30. The van der Waals surface area contributed by atoms with Crippen molar-refractivity contribution in [1.82, 2.24) is 14.6 Å². The SMILES string of the molecule is COc1cc(OCc2cccc(OCc3ccccc3F)c2)c2cc(-c3cn4nc(OC)sc4n3)oc2c1. The highest BCUT2D eigenvalue weighted by molar-refractivity contribution is 7.18. The van der Waals surface area contributed by atoms with Gasteiger partial charge in [-0.1, -0.05) is 30.3 Å². The Balaban J connectivity index is 1.22. The zero-order valence-corrected chi connectivity index (χ0v) is 21.3. The van der Waals surface area contributed by atoms with E-state index in [-0.39, 0.29) is 19.0 Å². The highest BCUT2D eigenvalue weighted by Crippen LogP contribution is 2.37. The van der Waals surface area contributed by atoms with Crippen LogP contribution in [-0.2, 0) is 13.2 Å². The van der Waals surface area contributed by atoms with Gasteiger partial charge in [-0.25, -0.2) is 13.9 Å². The third kappa shape index (κ3) is 4.73. The summed E-state index contributed by atoms with van der Waals surface area (Å²) < 4.78 is 44.3. The number of fused-ring (bicyclic) bond motifs is 2. The molecule has 0 aliphatic rings. The summed E-state index contributed by atoms with van der Waals surface area (Å²) in [6.45, 7) is 0.420. The van der Waals surface area contributed by atoms with E-state index in [4.69, 9.17) is 23.4 Å². The number of ether oxygens (including phenoxy) is 4. The zero-order valence-electron chi connectivity index (χ0n) is 20.5. The molecule has 0 unspecified atom stereocenters. The molecule has 192 valence electrons. The molecule has 3 aromatic heterocycles. The largest absolute Gasteiger partial charge is 0.496 e. The summed E-state index contributed by atoms with van der Waals surface area (Å²) in [7, 11) is 3.16. The fourth-order valence-electron chi connectivity index (χ4n) is 3.99. The molecule has 0 bridgehead atoms. The summed E-state index contributed by atoms with van der Waals surface area (Å²) in [6.07, 6.45) is 1.79. The maximum absolute atomic E-state index is 13.9. The summed E-state index contributed by atoms with van der Waals surface area (Å²) >= 11 is 1.34. The predicted molar refractivity (Wildman–Crippen MR) is 141 cm³/mol. The quantitative estimate of drug-likeness (QED) is 0.210. The fourth-order valence-corrected chi connectivity index (χ4v) is 4.69. The third-order valence-corrected chi connectivity index (χ3v) is 6.79. The van der Waals surface area contributed by atoms with Crippen LogP contribution in [0.5, 0.6) is 22.4 Å². The van der Waals surface area contributed by atoms with Crippen LogP contribution in [-0.4, -0.2) is 28.8 Å². The van der Waals surface area contributed by atoms with Gasteiger partial charge >= 0.3 is 0 Å². The van der Waals surface area contributed by atoms with E-state index in [1.165, 1.54) is 17.4 Å². The van der Waals surface area contributed by atoms with Crippen LogP contribution in [0.15, 0.2) is 77.3 Å². The standard InChI is InChI=1S/C28H22FN3O5S/c1-33-20-11-24(36-15-17-6-5-8-19(10-17)35-16-18-7-3-4-9-22(18)29)21-13-26(37-25(21)12-20)23-14-32-27(30-23)38-28(31-32)34-2/h3-14H,15-16H2,1-2H3. The van der Waals surface area contributed by atoms with E-state index in [2.05, 4.69) is 10.1 Å². The van der Waals surface area contributed by atoms with Crippen molar-refractivity contribution < 1.29 is 27.8 Å². The normalized spacial score (nSPS) is 11.2. The second kappa shape index (κ2) is 10.1. The Hall–Kier alpha value is -4.57. The van der Waals surface area contributed by atoms with E-state index >= 15 is 0 Å². The van der Waals surface area contributed by atoms with E-state index in [0.29, 0.717) is 50.0 Å². The van der Waals surface area contributed by atoms with Crippen molar-refractivity contribution in [3.8, 4) is 33.9 Å². The van der Waals surface area contributed by atoms with Crippen LogP contribution in [0.3, 0.4) is 0 Å². The summed E-state index contributed by atoms with van der Waals surface area (Å²) in [5.74, 6) is 2.12. The van der Waals surface area contributed by atoms with Crippen molar-refractivity contribution in [2.45, 2.75) is 13.2 Å². The molecule has 0 N–H and O–H groups in total. The number of rotatable bonds is 9. The van der Waals surface area contributed by atoms with Crippen LogP contribution in [0.1, 0.15) is 11.1 Å². The van der Waals surface area contributed by atoms with E-state index in [0.717, 1.165) is 10.9 Å². The van der Waals surface area contributed by atoms with Gasteiger partial charge in [-0.05, 0) is 41.2 Å². The molecule has 0 atom stereocenters. The van der Waals surface area contributed by atoms with Gasteiger partial charge in [0.15, 0.2) is 5.76 Å². The number of nitrogens with zero attached hydrogens (tertiary/aromatic N) is 3. The third-order valence-electron chi connectivity index (χ3n) is 5.91. The molecule has 0 saturated carbocycles. The van der Waals surface area contributed by atoms with Crippen LogP contribution < -0.4 is 18.9 Å². The maximum atomic E-state index is 13.9. The molecular formula is C28H22FN3O5S. The molecule has 0 radical (unpaired) electrons. The zero-order chi connectivity index (χ0) is 26.1. The van der Waals surface area contributed by atoms with Crippen LogP contribution in [0.4, 0.5) is 4.39 Å². The number of imidazole rings is 1. The van der Waals surface area contributed by atoms with Crippen LogP contribution in [0, 0.1) is 5.82 Å². The summed E-state index contributed by atoms with van der Waals surface area (Å²) in [5, 5.41) is 5.64.